The van der Waals surface area contributed by atoms with Crippen molar-refractivity contribution in [2.75, 3.05) is 0 Å². The van der Waals surface area contributed by atoms with Gasteiger partial charge in [-0.05, 0) is 24.2 Å². The molecule has 1 rings (SSSR count). The first-order chi connectivity index (χ1) is 11.6. The number of ketones is 1. The van der Waals surface area contributed by atoms with Crippen molar-refractivity contribution in [2.24, 2.45) is 11.3 Å². The predicted octanol–water partition coefficient (Wildman–Crippen LogP) is 5.16. The van der Waals surface area contributed by atoms with Crippen LogP contribution in [0.15, 0.2) is 6.20 Å². The number of aromatic nitrogens is 1. The minimum atomic E-state index is -0.439. The molecule has 0 aromatic carbocycles. The summed E-state index contributed by atoms with van der Waals surface area (Å²) in [5, 5.41) is 20.3. The highest BCUT2D eigenvalue weighted by Gasteiger charge is 2.26. The fourth-order valence-corrected chi connectivity index (χ4v) is 3.30. The molecule has 0 aliphatic rings. The van der Waals surface area contributed by atoms with Crippen LogP contribution in [0.5, 0.6) is 11.6 Å². The summed E-state index contributed by atoms with van der Waals surface area (Å²) in [6.45, 7) is 10.4. The predicted molar refractivity (Wildman–Crippen MR) is 99.3 cm³/mol. The van der Waals surface area contributed by atoms with E-state index >= 15 is 0 Å². The maximum Gasteiger partial charge on any atom is 0.233 e. The zero-order chi connectivity index (χ0) is 19.2. The summed E-state index contributed by atoms with van der Waals surface area (Å²) >= 11 is 0. The molecule has 1 atom stereocenters. The SMILES string of the molecule is CCCCCCC(=O)n1cc(O)c(C(=O)CC(C)CC(C)(C)C)c1O. The Bertz CT molecular complexity index is 596. The minimum Gasteiger partial charge on any atom is -0.505 e. The third kappa shape index (κ3) is 6.56. The van der Waals surface area contributed by atoms with E-state index < -0.39 is 5.88 Å². The van der Waals surface area contributed by atoms with Gasteiger partial charge in [0.25, 0.3) is 0 Å². The molecule has 0 amide bonds. The molecule has 0 fully saturated rings. The third-order valence-electron chi connectivity index (χ3n) is 4.25. The van der Waals surface area contributed by atoms with Gasteiger partial charge in [0.1, 0.15) is 11.3 Å². The number of hydrogen-bond donors (Lipinski definition) is 2. The van der Waals surface area contributed by atoms with E-state index in [1.54, 1.807) is 0 Å². The molecule has 5 nitrogen and oxygen atoms in total. The highest BCUT2D eigenvalue weighted by Crippen LogP contribution is 2.33. The van der Waals surface area contributed by atoms with Gasteiger partial charge in [0.15, 0.2) is 5.78 Å². The molecular formula is C20H33NO4. The molecular weight excluding hydrogens is 318 g/mol. The fourth-order valence-electron chi connectivity index (χ4n) is 3.30. The summed E-state index contributed by atoms with van der Waals surface area (Å²) in [5.74, 6) is -1.27. The number of aromatic hydroxyl groups is 2. The molecule has 25 heavy (non-hydrogen) atoms. The molecule has 0 aliphatic carbocycles. The fraction of sp³-hybridized carbons (Fsp3) is 0.700. The van der Waals surface area contributed by atoms with Gasteiger partial charge in [-0.3, -0.25) is 14.2 Å². The lowest BCUT2D eigenvalue weighted by Crippen LogP contribution is -2.14. The number of nitrogens with zero attached hydrogens (tertiary/aromatic N) is 1. The summed E-state index contributed by atoms with van der Waals surface area (Å²) in [7, 11) is 0. The van der Waals surface area contributed by atoms with Gasteiger partial charge in [0.05, 0.1) is 6.20 Å². The highest BCUT2D eigenvalue weighted by molar-refractivity contribution is 6.02. The maximum absolute atomic E-state index is 12.5. The molecule has 1 aromatic rings. The van der Waals surface area contributed by atoms with Crippen LogP contribution in [0.3, 0.4) is 0 Å². The van der Waals surface area contributed by atoms with Crippen LogP contribution in [-0.2, 0) is 0 Å². The van der Waals surface area contributed by atoms with Crippen LogP contribution < -0.4 is 0 Å². The Labute approximate surface area is 151 Å². The van der Waals surface area contributed by atoms with Crippen LogP contribution >= 0.6 is 0 Å². The zero-order valence-electron chi connectivity index (χ0n) is 16.3. The van der Waals surface area contributed by atoms with E-state index in [4.69, 9.17) is 0 Å². The van der Waals surface area contributed by atoms with Crippen molar-refractivity contribution in [3.8, 4) is 11.6 Å². The first kappa shape index (κ1) is 21.3. The number of hydrogen-bond acceptors (Lipinski definition) is 4. The standard InChI is InChI=1S/C20H33NO4/c1-6-7-8-9-10-17(24)21-13-16(23)18(19(21)25)15(22)11-14(2)12-20(3,4)5/h13-14,23,25H,6-12H2,1-5H3. The normalized spacial score (nSPS) is 13.0. The topological polar surface area (TPSA) is 79.5 Å². The number of rotatable bonds is 9. The van der Waals surface area contributed by atoms with E-state index in [1.807, 2.05) is 6.92 Å². The average Bonchev–Trinajstić information content (AvgIpc) is 2.76. The van der Waals surface area contributed by atoms with Crippen LogP contribution in [0.25, 0.3) is 0 Å². The van der Waals surface area contributed by atoms with Gasteiger partial charge >= 0.3 is 0 Å². The second kappa shape index (κ2) is 9.07. The Balaban J connectivity index is 2.80. The largest absolute Gasteiger partial charge is 0.505 e. The van der Waals surface area contributed by atoms with Crippen molar-refractivity contribution >= 4 is 11.7 Å². The maximum atomic E-state index is 12.5. The van der Waals surface area contributed by atoms with Crippen LogP contribution in [0.2, 0.25) is 0 Å². The van der Waals surface area contributed by atoms with Gasteiger partial charge in [0, 0.05) is 12.8 Å². The molecule has 2 N–H and O–H groups in total. The molecule has 1 heterocycles. The Morgan fingerprint density at radius 2 is 1.80 bits per heavy atom. The van der Waals surface area contributed by atoms with Crippen molar-refractivity contribution in [3.05, 3.63) is 11.8 Å². The van der Waals surface area contributed by atoms with Crippen LogP contribution in [-0.4, -0.2) is 26.5 Å². The lowest BCUT2D eigenvalue weighted by atomic mass is 9.83. The van der Waals surface area contributed by atoms with E-state index in [1.165, 1.54) is 0 Å². The minimum absolute atomic E-state index is 0.101. The van der Waals surface area contributed by atoms with Gasteiger partial charge in [-0.2, -0.15) is 0 Å². The summed E-state index contributed by atoms with van der Waals surface area (Å²) in [4.78, 5) is 24.7. The average molecular weight is 351 g/mol. The van der Waals surface area contributed by atoms with Crippen molar-refractivity contribution < 1.29 is 19.8 Å². The number of Topliss-reactive ketones (excluding diaryl/α,β-unsaturated/α-hetero) is 1. The molecule has 5 heteroatoms. The first-order valence-electron chi connectivity index (χ1n) is 9.26. The summed E-state index contributed by atoms with van der Waals surface area (Å²) < 4.78 is 1.00. The van der Waals surface area contributed by atoms with Gasteiger partial charge < -0.3 is 10.2 Å². The lowest BCUT2D eigenvalue weighted by molar-refractivity contribution is 0.0889. The van der Waals surface area contributed by atoms with E-state index in [-0.39, 0.29) is 47.2 Å². The summed E-state index contributed by atoms with van der Waals surface area (Å²) in [5.41, 5.74) is -0.0351. The van der Waals surface area contributed by atoms with Crippen molar-refractivity contribution in [3.63, 3.8) is 0 Å². The van der Waals surface area contributed by atoms with Gasteiger partial charge in [-0.15, -0.1) is 0 Å². The second-order valence-electron chi connectivity index (χ2n) is 8.28. The molecule has 142 valence electrons. The smallest absolute Gasteiger partial charge is 0.233 e. The Morgan fingerprint density at radius 1 is 1.16 bits per heavy atom. The summed E-state index contributed by atoms with van der Waals surface area (Å²) in [6, 6.07) is 0. The first-order valence-corrected chi connectivity index (χ1v) is 9.26. The number of carbonyl (C=O) groups is 2. The molecule has 0 spiro atoms. The van der Waals surface area contributed by atoms with E-state index in [0.717, 1.165) is 42.9 Å². The highest BCUT2D eigenvalue weighted by atomic mass is 16.3. The lowest BCUT2D eigenvalue weighted by Gasteiger charge is -2.22. The van der Waals surface area contributed by atoms with Gasteiger partial charge in [-0.1, -0.05) is 53.9 Å². The molecule has 1 aromatic heterocycles. The van der Waals surface area contributed by atoms with Crippen molar-refractivity contribution in [1.29, 1.82) is 0 Å². The van der Waals surface area contributed by atoms with Crippen molar-refractivity contribution in [1.82, 2.24) is 4.57 Å². The molecule has 0 radical (unpaired) electrons. The number of carbonyl (C=O) groups excluding carboxylic acids is 2. The molecule has 0 saturated carbocycles. The zero-order valence-corrected chi connectivity index (χ0v) is 16.3. The van der Waals surface area contributed by atoms with Crippen LogP contribution in [0.1, 0.15) is 94.7 Å². The van der Waals surface area contributed by atoms with E-state index in [2.05, 4.69) is 27.7 Å². The second-order valence-corrected chi connectivity index (χ2v) is 8.28. The third-order valence-corrected chi connectivity index (χ3v) is 4.25. The Kier molecular flexibility index (Phi) is 7.71. The van der Waals surface area contributed by atoms with Crippen LogP contribution in [0, 0.1) is 11.3 Å². The van der Waals surface area contributed by atoms with Crippen molar-refractivity contribution in [2.45, 2.75) is 79.6 Å². The quantitative estimate of drug-likeness (QED) is 0.476. The monoisotopic (exact) mass is 351 g/mol. The van der Waals surface area contributed by atoms with E-state index in [9.17, 15) is 19.8 Å². The van der Waals surface area contributed by atoms with Gasteiger partial charge in [-0.25, -0.2) is 0 Å². The molecule has 0 bridgehead atoms. The summed E-state index contributed by atoms with van der Waals surface area (Å²) in [6.07, 6.45) is 6.35. The Hall–Kier alpha value is -1.78. The molecule has 1 unspecified atom stereocenters. The Morgan fingerprint density at radius 3 is 2.36 bits per heavy atom. The van der Waals surface area contributed by atoms with E-state index in [0.29, 0.717) is 0 Å². The van der Waals surface area contributed by atoms with Gasteiger partial charge in [0.2, 0.25) is 11.8 Å². The van der Waals surface area contributed by atoms with Crippen LogP contribution in [0.4, 0.5) is 0 Å². The number of unbranched alkanes of at least 4 members (excludes halogenated alkanes) is 3. The molecule has 0 saturated heterocycles. The molecule has 0 aliphatic heterocycles.